The number of hydrogen-bond acceptors (Lipinski definition) is 6. The third-order valence-corrected chi connectivity index (χ3v) is 7.27. The molecule has 2 saturated heterocycles. The molecule has 0 bridgehead atoms. The van der Waals surface area contributed by atoms with Crippen molar-refractivity contribution in [3.63, 3.8) is 0 Å². The summed E-state index contributed by atoms with van der Waals surface area (Å²) in [6.07, 6.45) is 7.53. The van der Waals surface area contributed by atoms with Gasteiger partial charge in [0.1, 0.15) is 0 Å². The quantitative estimate of drug-likeness (QED) is 0.702. The highest BCUT2D eigenvalue weighted by molar-refractivity contribution is 5.23. The molecule has 0 saturated carbocycles. The van der Waals surface area contributed by atoms with Crippen molar-refractivity contribution in [2.24, 2.45) is 0 Å². The van der Waals surface area contributed by atoms with Crippen LogP contribution in [0.1, 0.15) is 49.7 Å². The summed E-state index contributed by atoms with van der Waals surface area (Å²) in [5.41, 5.74) is 2.95. The van der Waals surface area contributed by atoms with Crippen LogP contribution >= 0.6 is 0 Å². The van der Waals surface area contributed by atoms with Gasteiger partial charge >= 0.3 is 0 Å². The fourth-order valence-corrected chi connectivity index (χ4v) is 5.29. The van der Waals surface area contributed by atoms with Crippen molar-refractivity contribution >= 4 is 0 Å². The average Bonchev–Trinajstić information content (AvgIpc) is 2.81. The summed E-state index contributed by atoms with van der Waals surface area (Å²) < 4.78 is 0. The highest BCUT2D eigenvalue weighted by atomic mass is 15.1. The fourth-order valence-electron chi connectivity index (χ4n) is 5.29. The molecule has 0 radical (unpaired) electrons. The van der Waals surface area contributed by atoms with Gasteiger partial charge in [-0.1, -0.05) is 24.3 Å². The molecule has 0 amide bonds. The van der Waals surface area contributed by atoms with Crippen LogP contribution in [-0.2, 0) is 13.1 Å². The van der Waals surface area contributed by atoms with E-state index in [9.17, 15) is 0 Å². The molecule has 0 atom stereocenters. The number of nitrogens with one attached hydrogen (secondary N) is 2. The summed E-state index contributed by atoms with van der Waals surface area (Å²) in [7, 11) is 4.54. The van der Waals surface area contributed by atoms with E-state index in [1.54, 1.807) is 0 Å². The van der Waals surface area contributed by atoms with E-state index in [0.717, 1.165) is 39.3 Å². The lowest BCUT2D eigenvalue weighted by molar-refractivity contribution is 0.227. The molecule has 194 valence electrons. The summed E-state index contributed by atoms with van der Waals surface area (Å²) in [5, 5.41) is 7.25. The third-order valence-electron chi connectivity index (χ3n) is 7.27. The highest BCUT2D eigenvalue weighted by Crippen LogP contribution is 2.13. The van der Waals surface area contributed by atoms with Crippen molar-refractivity contribution in [1.29, 1.82) is 0 Å². The molecule has 1 aromatic carbocycles. The number of nitrogens with zero attached hydrogens (tertiary/aromatic N) is 4. The minimum absolute atomic E-state index is 1.08. The van der Waals surface area contributed by atoms with Crippen molar-refractivity contribution < 1.29 is 0 Å². The lowest BCUT2D eigenvalue weighted by Crippen LogP contribution is -2.33. The second-order valence-electron chi connectivity index (χ2n) is 10.6. The van der Waals surface area contributed by atoms with Gasteiger partial charge in [-0.05, 0) is 142 Å². The Morgan fingerprint density at radius 2 is 0.941 bits per heavy atom. The average molecular weight is 473 g/mol. The highest BCUT2D eigenvalue weighted by Gasteiger charge is 2.11. The lowest BCUT2D eigenvalue weighted by Gasteiger charge is -2.27. The first kappa shape index (κ1) is 27.6. The van der Waals surface area contributed by atoms with Crippen LogP contribution in [-0.4, -0.2) is 112 Å². The Morgan fingerprint density at radius 3 is 1.41 bits per heavy atom. The molecule has 2 fully saturated rings. The van der Waals surface area contributed by atoms with Crippen molar-refractivity contribution in [3.05, 3.63) is 35.4 Å². The van der Waals surface area contributed by atoms with E-state index in [1.807, 2.05) is 0 Å². The van der Waals surface area contributed by atoms with Gasteiger partial charge in [0.15, 0.2) is 0 Å². The van der Waals surface area contributed by atoms with Gasteiger partial charge in [0, 0.05) is 13.1 Å². The molecule has 0 aliphatic carbocycles. The van der Waals surface area contributed by atoms with Crippen molar-refractivity contribution in [2.45, 2.75) is 51.6 Å². The Balaban J connectivity index is 1.54. The molecular formula is C28H52N6. The monoisotopic (exact) mass is 472 g/mol. The number of hydrogen-bond donors (Lipinski definition) is 2. The summed E-state index contributed by atoms with van der Waals surface area (Å²) >= 11 is 0. The lowest BCUT2D eigenvalue weighted by atomic mass is 10.1. The van der Waals surface area contributed by atoms with Crippen molar-refractivity contribution in [3.8, 4) is 0 Å². The molecule has 2 N–H and O–H groups in total. The Bertz CT molecular complexity index is 602. The van der Waals surface area contributed by atoms with Gasteiger partial charge in [-0.15, -0.1) is 0 Å². The SMILES string of the molecule is CN1CCCNCCCN(Cc2cccc(CN3CCCNCCCN(C)CCC3)c2)CCC1. The first-order valence-corrected chi connectivity index (χ1v) is 14.0. The van der Waals surface area contributed by atoms with Gasteiger partial charge in [-0.3, -0.25) is 9.80 Å². The topological polar surface area (TPSA) is 37.0 Å². The molecule has 2 aliphatic heterocycles. The smallest absolute Gasteiger partial charge is 0.0233 e. The Labute approximate surface area is 210 Å². The molecule has 6 nitrogen and oxygen atoms in total. The molecule has 3 rings (SSSR count). The van der Waals surface area contributed by atoms with Crippen LogP contribution < -0.4 is 10.6 Å². The summed E-state index contributed by atoms with van der Waals surface area (Å²) in [6, 6.07) is 9.42. The van der Waals surface area contributed by atoms with Crippen LogP contribution in [0, 0.1) is 0 Å². The fraction of sp³-hybridized carbons (Fsp3) is 0.786. The molecular weight excluding hydrogens is 420 g/mol. The number of rotatable bonds is 4. The number of benzene rings is 1. The zero-order valence-electron chi connectivity index (χ0n) is 22.2. The third kappa shape index (κ3) is 11.6. The second-order valence-corrected chi connectivity index (χ2v) is 10.6. The van der Waals surface area contributed by atoms with Crippen LogP contribution in [0.4, 0.5) is 0 Å². The van der Waals surface area contributed by atoms with E-state index in [-0.39, 0.29) is 0 Å². The molecule has 0 aromatic heterocycles. The van der Waals surface area contributed by atoms with Gasteiger partial charge in [-0.2, -0.15) is 0 Å². The summed E-state index contributed by atoms with van der Waals surface area (Å²) in [5.74, 6) is 0. The van der Waals surface area contributed by atoms with Crippen LogP contribution in [0.15, 0.2) is 24.3 Å². The van der Waals surface area contributed by atoms with Gasteiger partial charge in [-0.25, -0.2) is 0 Å². The van der Waals surface area contributed by atoms with Crippen LogP contribution in [0.3, 0.4) is 0 Å². The van der Waals surface area contributed by atoms with Crippen LogP contribution in [0.25, 0.3) is 0 Å². The first-order valence-electron chi connectivity index (χ1n) is 14.0. The van der Waals surface area contributed by atoms with Gasteiger partial charge in [0.05, 0.1) is 0 Å². The molecule has 0 spiro atoms. The standard InChI is InChI=1S/C28H52N6/c1-31-16-4-12-29-14-6-20-33(22-8-18-31)25-27-10-3-11-28(24-27)26-34-21-7-15-30-13-5-17-32(2)19-9-23-34/h3,10-11,24,29-30H,4-9,12-23,25-26H2,1-2H3. The molecule has 2 aliphatic rings. The molecule has 0 unspecified atom stereocenters. The van der Waals surface area contributed by atoms with E-state index in [0.29, 0.717) is 0 Å². The second kappa shape index (κ2) is 16.6. The van der Waals surface area contributed by atoms with Crippen molar-refractivity contribution in [1.82, 2.24) is 30.2 Å². The Kier molecular flexibility index (Phi) is 13.5. The Morgan fingerprint density at radius 1 is 0.559 bits per heavy atom. The van der Waals surface area contributed by atoms with E-state index >= 15 is 0 Å². The predicted octanol–water partition coefficient (Wildman–Crippen LogP) is 2.70. The van der Waals surface area contributed by atoms with Gasteiger partial charge in [0.2, 0.25) is 0 Å². The van der Waals surface area contributed by atoms with Crippen molar-refractivity contribution in [2.75, 3.05) is 92.6 Å². The van der Waals surface area contributed by atoms with Crippen LogP contribution in [0.2, 0.25) is 0 Å². The zero-order chi connectivity index (χ0) is 23.8. The van der Waals surface area contributed by atoms with E-state index in [2.05, 4.69) is 68.6 Å². The summed E-state index contributed by atoms with van der Waals surface area (Å²) in [4.78, 5) is 10.3. The zero-order valence-corrected chi connectivity index (χ0v) is 22.2. The minimum Gasteiger partial charge on any atom is -0.317 e. The van der Waals surface area contributed by atoms with E-state index in [4.69, 9.17) is 0 Å². The molecule has 1 aromatic rings. The molecule has 6 heteroatoms. The first-order chi connectivity index (χ1) is 16.7. The largest absolute Gasteiger partial charge is 0.317 e. The molecule has 34 heavy (non-hydrogen) atoms. The van der Waals surface area contributed by atoms with Gasteiger partial charge < -0.3 is 20.4 Å². The minimum atomic E-state index is 1.08. The van der Waals surface area contributed by atoms with Crippen LogP contribution in [0.5, 0.6) is 0 Å². The predicted molar refractivity (Wildman–Crippen MR) is 145 cm³/mol. The van der Waals surface area contributed by atoms with E-state index < -0.39 is 0 Å². The summed E-state index contributed by atoms with van der Waals surface area (Å²) in [6.45, 7) is 16.3. The normalized spacial score (nSPS) is 23.4. The molecule has 2 heterocycles. The maximum atomic E-state index is 3.62. The maximum Gasteiger partial charge on any atom is 0.0233 e. The van der Waals surface area contributed by atoms with Gasteiger partial charge in [0.25, 0.3) is 0 Å². The maximum absolute atomic E-state index is 3.62. The van der Waals surface area contributed by atoms with E-state index in [1.165, 1.54) is 102 Å². The Hall–Kier alpha value is -1.02.